The van der Waals surface area contributed by atoms with Gasteiger partial charge in [-0.25, -0.2) is 9.59 Å². The summed E-state index contributed by atoms with van der Waals surface area (Å²) in [4.78, 5) is 22.0. The molecule has 32 heavy (non-hydrogen) atoms. The number of hydrogen-bond donors (Lipinski definition) is 0. The van der Waals surface area contributed by atoms with Crippen LogP contribution in [0.5, 0.6) is 0 Å². The lowest BCUT2D eigenvalue weighted by molar-refractivity contribution is -0.142. The maximum atomic E-state index is 11.0. The van der Waals surface area contributed by atoms with Crippen LogP contribution in [0.1, 0.15) is 19.4 Å². The van der Waals surface area contributed by atoms with Crippen molar-refractivity contribution in [3.05, 3.63) is 92.1 Å². The third-order valence-electron chi connectivity index (χ3n) is 3.19. The molecule has 0 atom stereocenters. The number of ether oxygens (including phenoxy) is 4. The van der Waals surface area contributed by atoms with E-state index in [1.54, 1.807) is 26.0 Å². The predicted octanol–water partition coefficient (Wildman–Crippen LogP) is 4.95. The van der Waals surface area contributed by atoms with Gasteiger partial charge in [0.2, 0.25) is 0 Å². The quantitative estimate of drug-likeness (QED) is 0.186. The number of hydrogen-bond acceptors (Lipinski definition) is 6. The fraction of sp³-hybridized carbons (Fsp3) is 0.308. The molecular weight excluding hydrogens is 408 g/mol. The number of benzene rings is 1. The van der Waals surface area contributed by atoms with Gasteiger partial charge in [-0.2, -0.15) is 0 Å². The average molecular weight is 445 g/mol. The van der Waals surface area contributed by atoms with Gasteiger partial charge in [0.25, 0.3) is 0 Å². The van der Waals surface area contributed by atoms with E-state index < -0.39 is 11.9 Å². The second-order valence-electron chi connectivity index (χ2n) is 6.14. The minimum absolute atomic E-state index is 0.182. The van der Waals surface area contributed by atoms with Crippen LogP contribution >= 0.6 is 0 Å². The van der Waals surface area contributed by atoms with Crippen molar-refractivity contribution >= 4 is 18.0 Å². The van der Waals surface area contributed by atoms with Crippen LogP contribution in [0.4, 0.5) is 0 Å². The lowest BCUT2D eigenvalue weighted by Gasteiger charge is -2.07. The normalized spacial score (nSPS) is 8.94. The molecule has 0 N–H and O–H groups in total. The lowest BCUT2D eigenvalue weighted by Crippen LogP contribution is -2.15. The zero-order valence-electron chi connectivity index (χ0n) is 19.3. The maximum absolute atomic E-state index is 11.0. The van der Waals surface area contributed by atoms with Crippen molar-refractivity contribution in [2.75, 3.05) is 39.6 Å². The van der Waals surface area contributed by atoms with Crippen molar-refractivity contribution < 1.29 is 28.5 Å². The molecule has 0 saturated carbocycles. The zero-order valence-corrected chi connectivity index (χ0v) is 19.3. The third-order valence-corrected chi connectivity index (χ3v) is 3.19. The highest BCUT2D eigenvalue weighted by Crippen LogP contribution is 1.97. The first kappa shape index (κ1) is 31.0. The van der Waals surface area contributed by atoms with Crippen LogP contribution in [-0.2, 0) is 28.5 Å². The fourth-order valence-corrected chi connectivity index (χ4v) is 1.54. The first-order chi connectivity index (χ1) is 15.3. The molecule has 1 aromatic carbocycles. The van der Waals surface area contributed by atoms with Crippen molar-refractivity contribution in [1.29, 1.82) is 0 Å². The number of esters is 2. The van der Waals surface area contributed by atoms with Gasteiger partial charge in [-0.1, -0.05) is 81.5 Å². The third kappa shape index (κ3) is 21.5. The SMILES string of the molecule is C=C(C)C(=O)OCCOCCOCCOC(=O)C(=C)C.C=CC=C.C=Cc1ccccc1. The fourth-order valence-electron chi connectivity index (χ4n) is 1.54. The number of carbonyl (C=O) groups is 2. The molecule has 0 spiro atoms. The summed E-state index contributed by atoms with van der Waals surface area (Å²) in [5.41, 5.74) is 1.89. The van der Waals surface area contributed by atoms with Crippen molar-refractivity contribution in [3.8, 4) is 0 Å². The van der Waals surface area contributed by atoms with Gasteiger partial charge < -0.3 is 18.9 Å². The summed E-state index contributed by atoms with van der Waals surface area (Å²) in [6.45, 7) is 22.1. The van der Waals surface area contributed by atoms with E-state index in [0.29, 0.717) is 37.6 Å². The highest BCUT2D eigenvalue weighted by Gasteiger charge is 2.03. The van der Waals surface area contributed by atoms with Crippen LogP contribution in [0.2, 0.25) is 0 Å². The molecule has 0 aliphatic carbocycles. The van der Waals surface area contributed by atoms with Gasteiger partial charge in [-0.3, -0.25) is 0 Å². The van der Waals surface area contributed by atoms with E-state index in [2.05, 4.69) is 32.9 Å². The van der Waals surface area contributed by atoms with Crippen molar-refractivity contribution in [2.24, 2.45) is 0 Å². The molecule has 176 valence electrons. The summed E-state index contributed by atoms with van der Waals surface area (Å²) in [6, 6.07) is 10.0. The van der Waals surface area contributed by atoms with E-state index in [1.165, 1.54) is 5.56 Å². The molecule has 1 aromatic rings. The summed E-state index contributed by atoms with van der Waals surface area (Å²) in [5, 5.41) is 0. The summed E-state index contributed by atoms with van der Waals surface area (Å²) in [6.07, 6.45) is 5.11. The first-order valence-electron chi connectivity index (χ1n) is 10.0. The van der Waals surface area contributed by atoms with E-state index in [0.717, 1.165) is 0 Å². The van der Waals surface area contributed by atoms with Crippen molar-refractivity contribution in [2.45, 2.75) is 13.8 Å². The van der Waals surface area contributed by atoms with E-state index in [9.17, 15) is 9.59 Å². The van der Waals surface area contributed by atoms with E-state index >= 15 is 0 Å². The van der Waals surface area contributed by atoms with Crippen molar-refractivity contribution in [3.63, 3.8) is 0 Å². The number of allylic oxidation sites excluding steroid dienone is 2. The Labute approximate surface area is 192 Å². The van der Waals surface area contributed by atoms with E-state index in [4.69, 9.17) is 18.9 Å². The van der Waals surface area contributed by atoms with Gasteiger partial charge in [-0.05, 0) is 19.4 Å². The Balaban J connectivity index is 0. The topological polar surface area (TPSA) is 71.1 Å². The van der Waals surface area contributed by atoms with Gasteiger partial charge >= 0.3 is 11.9 Å². The Kier molecular flexibility index (Phi) is 21.7. The summed E-state index contributed by atoms with van der Waals surface area (Å²) >= 11 is 0. The summed E-state index contributed by atoms with van der Waals surface area (Å²) < 4.78 is 20.0. The average Bonchev–Trinajstić information content (AvgIpc) is 2.80. The van der Waals surface area contributed by atoms with Gasteiger partial charge in [0.15, 0.2) is 0 Å². The van der Waals surface area contributed by atoms with Gasteiger partial charge in [-0.15, -0.1) is 0 Å². The van der Waals surface area contributed by atoms with Crippen LogP contribution in [0.25, 0.3) is 6.08 Å². The summed E-state index contributed by atoms with van der Waals surface area (Å²) in [7, 11) is 0. The van der Waals surface area contributed by atoms with Gasteiger partial charge in [0.1, 0.15) is 13.2 Å². The predicted molar refractivity (Wildman–Crippen MR) is 130 cm³/mol. The maximum Gasteiger partial charge on any atom is 0.333 e. The lowest BCUT2D eigenvalue weighted by atomic mass is 10.2. The van der Waals surface area contributed by atoms with Crippen LogP contribution in [0, 0.1) is 0 Å². The largest absolute Gasteiger partial charge is 0.460 e. The molecule has 6 heteroatoms. The second-order valence-corrected chi connectivity index (χ2v) is 6.14. The molecule has 0 aliphatic rings. The molecule has 0 aromatic heterocycles. The van der Waals surface area contributed by atoms with Gasteiger partial charge in [0.05, 0.1) is 26.4 Å². The molecule has 0 saturated heterocycles. The van der Waals surface area contributed by atoms with E-state index in [1.807, 2.05) is 36.4 Å². The van der Waals surface area contributed by atoms with Crippen molar-refractivity contribution in [1.82, 2.24) is 0 Å². The molecule has 0 bridgehead atoms. The monoisotopic (exact) mass is 444 g/mol. The highest BCUT2D eigenvalue weighted by molar-refractivity contribution is 5.87. The minimum Gasteiger partial charge on any atom is -0.460 e. The smallest absolute Gasteiger partial charge is 0.333 e. The first-order valence-corrected chi connectivity index (χ1v) is 10.0. The highest BCUT2D eigenvalue weighted by atomic mass is 16.6. The molecule has 0 radical (unpaired) electrons. The Morgan fingerprint density at radius 3 is 1.38 bits per heavy atom. The minimum atomic E-state index is -0.427. The molecular formula is C26H36O6. The van der Waals surface area contributed by atoms with Crippen LogP contribution in [0.3, 0.4) is 0 Å². The molecule has 0 amide bonds. The second kappa shape index (κ2) is 22.5. The van der Waals surface area contributed by atoms with Crippen LogP contribution in [-0.4, -0.2) is 51.6 Å². The molecule has 0 unspecified atom stereocenters. The number of carbonyl (C=O) groups excluding carboxylic acids is 2. The Morgan fingerprint density at radius 2 is 1.09 bits per heavy atom. The Hall–Kier alpha value is -3.22. The van der Waals surface area contributed by atoms with Crippen LogP contribution < -0.4 is 0 Å². The van der Waals surface area contributed by atoms with Crippen LogP contribution in [0.15, 0.2) is 86.5 Å². The molecule has 0 aliphatic heterocycles. The molecule has 0 fully saturated rings. The Morgan fingerprint density at radius 1 is 0.719 bits per heavy atom. The van der Waals surface area contributed by atoms with Gasteiger partial charge in [0, 0.05) is 11.1 Å². The standard InChI is InChI=1S/C14H22O6.C8H8.C4H6/c1-11(2)13(15)19-9-7-17-5-6-18-8-10-20-14(16)12(3)4;1-2-8-6-4-3-5-7-8;1-3-4-2/h1,3,5-10H2,2,4H3;2-7H,1H2;3-4H,1-2H2. The number of rotatable bonds is 13. The molecule has 1 rings (SSSR count). The summed E-state index contributed by atoms with van der Waals surface area (Å²) in [5.74, 6) is -0.853. The molecule has 6 nitrogen and oxygen atoms in total. The van der Waals surface area contributed by atoms with E-state index in [-0.39, 0.29) is 13.2 Å². The zero-order chi connectivity index (χ0) is 24.6. The molecule has 0 heterocycles. The Bertz CT molecular complexity index is 666.